The van der Waals surface area contributed by atoms with Gasteiger partial charge < -0.3 is 9.52 Å². The number of nitrogens with zero attached hydrogens (tertiary/aromatic N) is 1. The second-order valence-electron chi connectivity index (χ2n) is 4.97. The zero-order chi connectivity index (χ0) is 12.0. The fraction of sp³-hybridized carbons (Fsp3) is 0.692. The van der Waals surface area contributed by atoms with Crippen molar-refractivity contribution in [3.05, 3.63) is 24.2 Å². The normalized spacial score (nSPS) is 15.3. The Morgan fingerprint density at radius 2 is 2.25 bits per heavy atom. The average molecular weight is 225 g/mol. The predicted molar refractivity (Wildman–Crippen MR) is 65.1 cm³/mol. The summed E-state index contributed by atoms with van der Waals surface area (Å²) in [5, 5.41) is 9.44. The van der Waals surface area contributed by atoms with E-state index in [-0.39, 0.29) is 12.0 Å². The molecule has 1 aromatic heterocycles. The van der Waals surface area contributed by atoms with Crippen LogP contribution in [0.25, 0.3) is 0 Å². The molecule has 0 radical (unpaired) electrons. The van der Waals surface area contributed by atoms with Crippen LogP contribution in [0.2, 0.25) is 0 Å². The van der Waals surface area contributed by atoms with Gasteiger partial charge in [-0.2, -0.15) is 0 Å². The van der Waals surface area contributed by atoms with E-state index in [9.17, 15) is 5.11 Å². The summed E-state index contributed by atoms with van der Waals surface area (Å²) in [6, 6.07) is 3.88. The first-order valence-corrected chi connectivity index (χ1v) is 5.91. The van der Waals surface area contributed by atoms with Crippen molar-refractivity contribution in [2.75, 3.05) is 20.2 Å². The largest absolute Gasteiger partial charge is 0.468 e. The average Bonchev–Trinajstić information content (AvgIpc) is 2.70. The molecule has 1 aromatic rings. The zero-order valence-corrected chi connectivity index (χ0v) is 10.6. The molecule has 1 unspecified atom stereocenters. The highest BCUT2D eigenvalue weighted by Gasteiger charge is 2.24. The first kappa shape index (κ1) is 13.3. The molecule has 0 aliphatic rings. The third-order valence-corrected chi connectivity index (χ3v) is 2.89. The molecule has 0 saturated heterocycles. The third kappa shape index (κ3) is 3.99. The van der Waals surface area contributed by atoms with E-state index in [1.165, 1.54) is 0 Å². The number of aliphatic hydroxyl groups is 1. The van der Waals surface area contributed by atoms with Gasteiger partial charge in [0.15, 0.2) is 0 Å². The van der Waals surface area contributed by atoms with E-state index in [4.69, 9.17) is 4.42 Å². The lowest BCUT2D eigenvalue weighted by atomic mass is 9.86. The Morgan fingerprint density at radius 1 is 1.50 bits per heavy atom. The Hall–Kier alpha value is -0.800. The molecule has 3 nitrogen and oxygen atoms in total. The standard InChI is InChI=1S/C13H23NO2/c1-4-7-13(2,11-15)10-14(3)9-12-6-5-8-16-12/h5-6,8,15H,4,7,9-11H2,1-3H3. The van der Waals surface area contributed by atoms with E-state index >= 15 is 0 Å². The van der Waals surface area contributed by atoms with Crippen molar-refractivity contribution >= 4 is 0 Å². The van der Waals surface area contributed by atoms with Crippen LogP contribution in [0.5, 0.6) is 0 Å². The van der Waals surface area contributed by atoms with E-state index in [0.717, 1.165) is 31.7 Å². The van der Waals surface area contributed by atoms with Gasteiger partial charge in [0, 0.05) is 18.6 Å². The van der Waals surface area contributed by atoms with Crippen LogP contribution >= 0.6 is 0 Å². The molecular weight excluding hydrogens is 202 g/mol. The van der Waals surface area contributed by atoms with Crippen LogP contribution in [-0.2, 0) is 6.54 Å². The Bertz CT molecular complexity index is 284. The van der Waals surface area contributed by atoms with E-state index in [1.54, 1.807) is 6.26 Å². The summed E-state index contributed by atoms with van der Waals surface area (Å²) >= 11 is 0. The minimum Gasteiger partial charge on any atom is -0.468 e. The summed E-state index contributed by atoms with van der Waals surface area (Å²) in [5.74, 6) is 0.972. The molecule has 0 fully saturated rings. The number of hydrogen-bond acceptors (Lipinski definition) is 3. The summed E-state index contributed by atoms with van der Waals surface area (Å²) in [7, 11) is 2.06. The van der Waals surface area contributed by atoms with E-state index in [0.29, 0.717) is 0 Å². The Morgan fingerprint density at radius 3 is 2.75 bits per heavy atom. The van der Waals surface area contributed by atoms with E-state index in [2.05, 4.69) is 25.8 Å². The number of rotatable bonds is 7. The Labute approximate surface area is 98.1 Å². The van der Waals surface area contributed by atoms with Crippen molar-refractivity contribution in [1.82, 2.24) is 4.90 Å². The zero-order valence-electron chi connectivity index (χ0n) is 10.6. The molecule has 1 N–H and O–H groups in total. The Kier molecular flexibility index (Phi) is 5.03. The van der Waals surface area contributed by atoms with Gasteiger partial charge in [-0.05, 0) is 25.6 Å². The molecule has 1 atom stereocenters. The van der Waals surface area contributed by atoms with Crippen LogP contribution in [0, 0.1) is 5.41 Å². The summed E-state index contributed by atoms with van der Waals surface area (Å²) in [4.78, 5) is 2.20. The van der Waals surface area contributed by atoms with Crippen LogP contribution in [0.1, 0.15) is 32.4 Å². The van der Waals surface area contributed by atoms with Crippen LogP contribution in [-0.4, -0.2) is 30.2 Å². The Balaban J connectivity index is 2.45. The first-order valence-electron chi connectivity index (χ1n) is 5.91. The summed E-state index contributed by atoms with van der Waals surface area (Å²) in [5.41, 5.74) is -0.00388. The van der Waals surface area contributed by atoms with Gasteiger partial charge in [-0.1, -0.05) is 20.3 Å². The molecule has 0 aliphatic carbocycles. The molecule has 3 heteroatoms. The smallest absolute Gasteiger partial charge is 0.117 e. The fourth-order valence-corrected chi connectivity index (χ4v) is 2.19. The fourth-order valence-electron chi connectivity index (χ4n) is 2.19. The third-order valence-electron chi connectivity index (χ3n) is 2.89. The maximum Gasteiger partial charge on any atom is 0.117 e. The minimum absolute atomic E-state index is 0.00388. The summed E-state index contributed by atoms with van der Waals surface area (Å²) in [6.45, 7) is 6.21. The van der Waals surface area contributed by atoms with Crippen molar-refractivity contribution < 1.29 is 9.52 Å². The van der Waals surface area contributed by atoms with Gasteiger partial charge in [-0.25, -0.2) is 0 Å². The topological polar surface area (TPSA) is 36.6 Å². The van der Waals surface area contributed by atoms with E-state index < -0.39 is 0 Å². The molecule has 0 aliphatic heterocycles. The lowest BCUT2D eigenvalue weighted by Gasteiger charge is -2.31. The van der Waals surface area contributed by atoms with Crippen LogP contribution in [0.3, 0.4) is 0 Å². The molecule has 1 heterocycles. The van der Waals surface area contributed by atoms with Gasteiger partial charge >= 0.3 is 0 Å². The highest BCUT2D eigenvalue weighted by atomic mass is 16.3. The van der Waals surface area contributed by atoms with Crippen molar-refractivity contribution in [3.63, 3.8) is 0 Å². The minimum atomic E-state index is -0.00388. The lowest BCUT2D eigenvalue weighted by Crippen LogP contribution is -2.35. The predicted octanol–water partition coefficient (Wildman–Crippen LogP) is 2.51. The number of aliphatic hydroxyl groups excluding tert-OH is 1. The summed E-state index contributed by atoms with van der Waals surface area (Å²) in [6.07, 6.45) is 3.85. The molecule has 0 amide bonds. The molecule has 1 rings (SSSR count). The molecular formula is C13H23NO2. The van der Waals surface area contributed by atoms with Gasteiger partial charge in [0.1, 0.15) is 5.76 Å². The van der Waals surface area contributed by atoms with Gasteiger partial charge in [-0.3, -0.25) is 4.90 Å². The maximum atomic E-state index is 9.44. The van der Waals surface area contributed by atoms with Gasteiger partial charge in [0.05, 0.1) is 12.8 Å². The summed E-state index contributed by atoms with van der Waals surface area (Å²) < 4.78 is 5.31. The van der Waals surface area contributed by atoms with Gasteiger partial charge in [0.2, 0.25) is 0 Å². The first-order chi connectivity index (χ1) is 7.59. The van der Waals surface area contributed by atoms with Crippen molar-refractivity contribution in [2.45, 2.75) is 33.2 Å². The van der Waals surface area contributed by atoms with Crippen LogP contribution < -0.4 is 0 Å². The van der Waals surface area contributed by atoms with Crippen molar-refractivity contribution in [1.29, 1.82) is 0 Å². The molecule has 0 bridgehead atoms. The molecule has 0 saturated carbocycles. The maximum absolute atomic E-state index is 9.44. The second-order valence-corrected chi connectivity index (χ2v) is 4.97. The highest BCUT2D eigenvalue weighted by Crippen LogP contribution is 2.24. The lowest BCUT2D eigenvalue weighted by molar-refractivity contribution is 0.0852. The molecule has 0 aromatic carbocycles. The monoisotopic (exact) mass is 225 g/mol. The molecule has 0 spiro atoms. The van der Waals surface area contributed by atoms with Crippen molar-refractivity contribution in [3.8, 4) is 0 Å². The van der Waals surface area contributed by atoms with Gasteiger partial charge in [-0.15, -0.1) is 0 Å². The van der Waals surface area contributed by atoms with Crippen LogP contribution in [0.15, 0.2) is 22.8 Å². The highest BCUT2D eigenvalue weighted by molar-refractivity contribution is 4.97. The van der Waals surface area contributed by atoms with Crippen LogP contribution in [0.4, 0.5) is 0 Å². The number of hydrogen-bond donors (Lipinski definition) is 1. The van der Waals surface area contributed by atoms with Crippen molar-refractivity contribution in [2.24, 2.45) is 5.41 Å². The molecule has 92 valence electrons. The van der Waals surface area contributed by atoms with E-state index in [1.807, 2.05) is 12.1 Å². The SMILES string of the molecule is CCCC(C)(CO)CN(C)Cc1ccco1. The van der Waals surface area contributed by atoms with Gasteiger partial charge in [0.25, 0.3) is 0 Å². The molecule has 16 heavy (non-hydrogen) atoms. The number of furan rings is 1. The second kappa shape index (κ2) is 6.06. The quantitative estimate of drug-likeness (QED) is 0.774.